The maximum Gasteiger partial charge on any atom is 0.254 e. The average molecular weight is 458 g/mol. The number of rotatable bonds is 4. The van der Waals surface area contributed by atoms with Crippen LogP contribution < -0.4 is 0 Å². The van der Waals surface area contributed by atoms with Gasteiger partial charge in [-0.2, -0.15) is 5.10 Å². The summed E-state index contributed by atoms with van der Waals surface area (Å²) in [5.74, 6) is -0.199. The van der Waals surface area contributed by atoms with Crippen molar-refractivity contribution in [3.63, 3.8) is 0 Å². The van der Waals surface area contributed by atoms with Crippen molar-refractivity contribution in [2.24, 2.45) is 7.05 Å². The van der Waals surface area contributed by atoms with Crippen LogP contribution in [-0.2, 0) is 13.6 Å². The third kappa shape index (κ3) is 4.19. The van der Waals surface area contributed by atoms with Gasteiger partial charge in [0, 0.05) is 56.4 Å². The first-order chi connectivity index (χ1) is 16.4. The van der Waals surface area contributed by atoms with Crippen molar-refractivity contribution in [3.05, 3.63) is 82.9 Å². The number of para-hydroxylation sites is 1. The van der Waals surface area contributed by atoms with E-state index in [0.29, 0.717) is 25.2 Å². The van der Waals surface area contributed by atoms with Crippen LogP contribution in [0.25, 0.3) is 22.2 Å². The molecule has 0 saturated carbocycles. The summed E-state index contributed by atoms with van der Waals surface area (Å²) in [7, 11) is 1.92. The number of hydrogen-bond donors (Lipinski definition) is 0. The van der Waals surface area contributed by atoms with Crippen LogP contribution in [-0.4, -0.2) is 56.7 Å². The molecule has 1 aliphatic rings. The Morgan fingerprint density at radius 3 is 2.47 bits per heavy atom. The lowest BCUT2D eigenvalue weighted by atomic mass is 10.0. The highest BCUT2D eigenvalue weighted by molar-refractivity contribution is 6.07. The predicted octanol–water partition coefficient (Wildman–Crippen LogP) is 4.35. The molecule has 0 unspecified atom stereocenters. The topological polar surface area (TPSA) is 54.3 Å². The van der Waals surface area contributed by atoms with Crippen molar-refractivity contribution >= 4 is 16.8 Å². The average Bonchev–Trinajstić information content (AvgIpc) is 3.09. The van der Waals surface area contributed by atoms with E-state index < -0.39 is 0 Å². The molecule has 1 aliphatic heterocycles. The number of amides is 1. The van der Waals surface area contributed by atoms with E-state index in [1.54, 1.807) is 12.1 Å². The van der Waals surface area contributed by atoms with E-state index in [0.717, 1.165) is 52.2 Å². The number of hydrogen-bond acceptors (Lipinski definition) is 4. The van der Waals surface area contributed by atoms with Gasteiger partial charge in [0.2, 0.25) is 0 Å². The molecule has 2 aromatic carbocycles. The molecule has 5 rings (SSSR count). The van der Waals surface area contributed by atoms with Gasteiger partial charge in [-0.3, -0.25) is 14.4 Å². The molecule has 1 fully saturated rings. The lowest BCUT2D eigenvalue weighted by molar-refractivity contribution is 0.0630. The van der Waals surface area contributed by atoms with Crippen molar-refractivity contribution in [2.45, 2.75) is 20.4 Å². The van der Waals surface area contributed by atoms with Crippen LogP contribution in [0.15, 0.2) is 54.6 Å². The summed E-state index contributed by atoms with van der Waals surface area (Å²) in [5, 5.41) is 5.39. The summed E-state index contributed by atoms with van der Waals surface area (Å²) in [6.07, 6.45) is 0. The maximum absolute atomic E-state index is 13.7. The quantitative estimate of drug-likeness (QED) is 0.457. The van der Waals surface area contributed by atoms with Crippen LogP contribution in [0.1, 0.15) is 27.3 Å². The molecule has 0 aliphatic carbocycles. The van der Waals surface area contributed by atoms with Crippen LogP contribution in [0, 0.1) is 19.7 Å². The molecule has 3 heterocycles. The molecular weight excluding hydrogens is 429 g/mol. The molecule has 1 saturated heterocycles. The number of pyridine rings is 1. The zero-order chi connectivity index (χ0) is 23.8. The maximum atomic E-state index is 13.7. The lowest BCUT2D eigenvalue weighted by Crippen LogP contribution is -2.48. The number of piperazine rings is 1. The highest BCUT2D eigenvalue weighted by atomic mass is 19.1. The van der Waals surface area contributed by atoms with E-state index in [4.69, 9.17) is 4.98 Å². The first kappa shape index (κ1) is 22.2. The molecule has 34 heavy (non-hydrogen) atoms. The van der Waals surface area contributed by atoms with Gasteiger partial charge in [-0.05, 0) is 43.7 Å². The van der Waals surface area contributed by atoms with Gasteiger partial charge < -0.3 is 4.90 Å². The molecule has 7 heteroatoms. The molecule has 6 nitrogen and oxygen atoms in total. The Balaban J connectivity index is 1.41. The van der Waals surface area contributed by atoms with Crippen LogP contribution in [0.3, 0.4) is 0 Å². The number of aromatic nitrogens is 3. The highest BCUT2D eigenvalue weighted by Gasteiger charge is 2.25. The number of nitrogens with zero attached hydrogens (tertiary/aromatic N) is 5. The number of aryl methyl sites for hydroxylation is 2. The molecule has 0 bridgehead atoms. The van der Waals surface area contributed by atoms with Crippen molar-refractivity contribution in [2.75, 3.05) is 26.2 Å². The third-order valence-corrected chi connectivity index (χ3v) is 6.67. The number of carbonyl (C=O) groups is 1. The first-order valence-electron chi connectivity index (χ1n) is 11.6. The predicted molar refractivity (Wildman–Crippen MR) is 131 cm³/mol. The van der Waals surface area contributed by atoms with Crippen LogP contribution in [0.5, 0.6) is 0 Å². The standard InChI is InChI=1S/C27H28FN5O/c1-18-26(19(2)31(3)30-18)25-16-23(22-9-4-5-10-24(22)29-25)27(34)33-13-11-32(12-14-33)17-20-7-6-8-21(28)15-20/h4-10,15-16H,11-14,17H2,1-3H3. The Labute approximate surface area is 198 Å². The molecule has 0 spiro atoms. The molecule has 2 aromatic heterocycles. The van der Waals surface area contributed by atoms with Gasteiger partial charge >= 0.3 is 0 Å². The summed E-state index contributed by atoms with van der Waals surface area (Å²) in [6, 6.07) is 16.4. The largest absolute Gasteiger partial charge is 0.336 e. The Kier molecular flexibility index (Phi) is 5.87. The van der Waals surface area contributed by atoms with Gasteiger partial charge in [0.05, 0.1) is 22.5 Å². The van der Waals surface area contributed by atoms with Gasteiger partial charge in [-0.25, -0.2) is 9.37 Å². The van der Waals surface area contributed by atoms with Gasteiger partial charge in [-0.1, -0.05) is 30.3 Å². The van der Waals surface area contributed by atoms with Gasteiger partial charge in [0.25, 0.3) is 5.91 Å². The Morgan fingerprint density at radius 2 is 1.76 bits per heavy atom. The van der Waals surface area contributed by atoms with E-state index in [1.807, 2.05) is 66.9 Å². The van der Waals surface area contributed by atoms with Crippen LogP contribution in [0.4, 0.5) is 4.39 Å². The van der Waals surface area contributed by atoms with Crippen molar-refractivity contribution < 1.29 is 9.18 Å². The molecule has 0 radical (unpaired) electrons. The number of halogens is 1. The monoisotopic (exact) mass is 457 g/mol. The summed E-state index contributed by atoms with van der Waals surface area (Å²) in [4.78, 5) is 22.7. The molecule has 0 atom stereocenters. The lowest BCUT2D eigenvalue weighted by Gasteiger charge is -2.35. The molecule has 1 amide bonds. The van der Waals surface area contributed by atoms with Crippen molar-refractivity contribution in [1.82, 2.24) is 24.6 Å². The summed E-state index contributed by atoms with van der Waals surface area (Å²) in [5.41, 5.74) is 6.08. The number of fused-ring (bicyclic) bond motifs is 1. The molecular formula is C27H28FN5O. The fourth-order valence-electron chi connectivity index (χ4n) is 4.80. The Hall–Kier alpha value is -3.58. The summed E-state index contributed by atoms with van der Waals surface area (Å²) < 4.78 is 15.4. The van der Waals surface area contributed by atoms with Gasteiger partial charge in [0.1, 0.15) is 5.82 Å². The second-order valence-electron chi connectivity index (χ2n) is 8.94. The van der Waals surface area contributed by atoms with Crippen LogP contribution in [0.2, 0.25) is 0 Å². The number of carbonyl (C=O) groups excluding carboxylic acids is 1. The third-order valence-electron chi connectivity index (χ3n) is 6.67. The van der Waals surface area contributed by atoms with E-state index in [9.17, 15) is 9.18 Å². The molecule has 4 aromatic rings. The molecule has 0 N–H and O–H groups in total. The second kappa shape index (κ2) is 8.99. The van der Waals surface area contributed by atoms with E-state index in [2.05, 4.69) is 10.00 Å². The molecule has 174 valence electrons. The van der Waals surface area contributed by atoms with E-state index in [1.165, 1.54) is 6.07 Å². The normalized spacial score (nSPS) is 14.6. The fourth-order valence-corrected chi connectivity index (χ4v) is 4.80. The van der Waals surface area contributed by atoms with Crippen molar-refractivity contribution in [1.29, 1.82) is 0 Å². The first-order valence-corrected chi connectivity index (χ1v) is 11.6. The smallest absolute Gasteiger partial charge is 0.254 e. The SMILES string of the molecule is Cc1nn(C)c(C)c1-c1cc(C(=O)N2CCN(Cc3cccc(F)c3)CC2)c2ccccc2n1. The Morgan fingerprint density at radius 1 is 1.00 bits per heavy atom. The Bertz CT molecular complexity index is 1370. The van der Waals surface area contributed by atoms with E-state index >= 15 is 0 Å². The minimum absolute atomic E-state index is 0.0180. The summed E-state index contributed by atoms with van der Waals surface area (Å²) >= 11 is 0. The van der Waals surface area contributed by atoms with Gasteiger partial charge in [-0.15, -0.1) is 0 Å². The zero-order valence-electron chi connectivity index (χ0n) is 19.8. The van der Waals surface area contributed by atoms with E-state index in [-0.39, 0.29) is 11.7 Å². The van der Waals surface area contributed by atoms with Crippen molar-refractivity contribution in [3.8, 4) is 11.3 Å². The minimum Gasteiger partial charge on any atom is -0.336 e. The highest BCUT2D eigenvalue weighted by Crippen LogP contribution is 2.30. The van der Waals surface area contributed by atoms with Crippen LogP contribution >= 0.6 is 0 Å². The fraction of sp³-hybridized carbons (Fsp3) is 0.296. The van der Waals surface area contributed by atoms with Gasteiger partial charge in [0.15, 0.2) is 0 Å². The summed E-state index contributed by atoms with van der Waals surface area (Å²) in [6.45, 7) is 7.43. The second-order valence-corrected chi connectivity index (χ2v) is 8.94. The number of benzene rings is 2. The zero-order valence-corrected chi connectivity index (χ0v) is 19.8. The minimum atomic E-state index is -0.217.